The molecular formula is C13H16BrF2N5O. The number of hydrogen-bond acceptors (Lipinski definition) is 3. The maximum Gasteiger partial charge on any atom is 0.283 e. The number of nitrogens with zero attached hydrogens (tertiary/aromatic N) is 4. The average molecular weight is 376 g/mol. The van der Waals surface area contributed by atoms with Gasteiger partial charge in [-0.25, -0.2) is 8.78 Å². The van der Waals surface area contributed by atoms with Crippen LogP contribution < -0.4 is 5.32 Å². The molecule has 0 radical (unpaired) electrons. The second kappa shape index (κ2) is 6.15. The summed E-state index contributed by atoms with van der Waals surface area (Å²) in [5.74, 6) is -0.352. The first-order valence-corrected chi connectivity index (χ1v) is 7.35. The minimum absolute atomic E-state index is 0.222. The van der Waals surface area contributed by atoms with Gasteiger partial charge in [-0.05, 0) is 36.7 Å². The number of carbonyl (C=O) groups is 1. The lowest BCUT2D eigenvalue weighted by molar-refractivity contribution is -0.119. The Hall–Kier alpha value is -1.77. The summed E-state index contributed by atoms with van der Waals surface area (Å²) in [5, 5.41) is 10.7. The number of nitrogens with one attached hydrogen (secondary N) is 1. The van der Waals surface area contributed by atoms with Gasteiger partial charge in [0.1, 0.15) is 11.7 Å². The molecule has 0 aliphatic carbocycles. The normalized spacial score (nSPS) is 12.7. The van der Waals surface area contributed by atoms with Crippen LogP contribution in [0.15, 0.2) is 10.7 Å². The largest absolute Gasteiger partial charge is 0.321 e. The van der Waals surface area contributed by atoms with E-state index in [1.165, 1.54) is 4.68 Å². The summed E-state index contributed by atoms with van der Waals surface area (Å²) in [6, 6.07) is -0.733. The van der Waals surface area contributed by atoms with Crippen molar-refractivity contribution in [2.75, 3.05) is 5.32 Å². The van der Waals surface area contributed by atoms with Crippen LogP contribution >= 0.6 is 15.9 Å². The second-order valence-corrected chi connectivity index (χ2v) is 5.79. The summed E-state index contributed by atoms with van der Waals surface area (Å²) in [7, 11) is 1.75. The van der Waals surface area contributed by atoms with E-state index in [4.69, 9.17) is 0 Å². The van der Waals surface area contributed by atoms with E-state index >= 15 is 0 Å². The monoisotopic (exact) mass is 375 g/mol. The Morgan fingerprint density at radius 1 is 1.36 bits per heavy atom. The molecule has 0 saturated heterocycles. The topological polar surface area (TPSA) is 64.7 Å². The van der Waals surface area contributed by atoms with E-state index in [1.807, 2.05) is 0 Å². The zero-order valence-electron chi connectivity index (χ0n) is 12.6. The molecule has 0 aliphatic rings. The highest BCUT2D eigenvalue weighted by Crippen LogP contribution is 2.30. The molecule has 2 rings (SSSR count). The molecule has 0 bridgehead atoms. The Morgan fingerprint density at radius 3 is 2.45 bits per heavy atom. The van der Waals surface area contributed by atoms with Crippen molar-refractivity contribution in [1.82, 2.24) is 19.6 Å². The molecule has 2 heterocycles. The van der Waals surface area contributed by atoms with Crippen molar-refractivity contribution < 1.29 is 13.6 Å². The van der Waals surface area contributed by atoms with Gasteiger partial charge in [-0.15, -0.1) is 0 Å². The first-order chi connectivity index (χ1) is 10.2. The van der Waals surface area contributed by atoms with Crippen molar-refractivity contribution in [2.45, 2.75) is 33.2 Å². The van der Waals surface area contributed by atoms with Crippen LogP contribution in [0.25, 0.3) is 0 Å². The highest BCUT2D eigenvalue weighted by molar-refractivity contribution is 9.10. The molecule has 1 atom stereocenters. The van der Waals surface area contributed by atoms with E-state index in [2.05, 4.69) is 31.4 Å². The first kappa shape index (κ1) is 16.6. The third kappa shape index (κ3) is 3.03. The molecule has 120 valence electrons. The summed E-state index contributed by atoms with van der Waals surface area (Å²) < 4.78 is 28.8. The molecule has 9 heteroatoms. The molecule has 22 heavy (non-hydrogen) atoms. The van der Waals surface area contributed by atoms with Crippen LogP contribution in [-0.4, -0.2) is 25.5 Å². The molecule has 2 aromatic rings. The molecule has 2 aromatic heterocycles. The van der Waals surface area contributed by atoms with Gasteiger partial charge in [-0.1, -0.05) is 0 Å². The van der Waals surface area contributed by atoms with Gasteiger partial charge in [-0.2, -0.15) is 10.2 Å². The number of halogens is 3. The van der Waals surface area contributed by atoms with Crippen LogP contribution in [0.3, 0.4) is 0 Å². The zero-order chi connectivity index (χ0) is 16.6. The van der Waals surface area contributed by atoms with Gasteiger partial charge >= 0.3 is 0 Å². The van der Waals surface area contributed by atoms with Crippen molar-refractivity contribution in [2.24, 2.45) is 7.05 Å². The van der Waals surface area contributed by atoms with Gasteiger partial charge in [0.2, 0.25) is 5.91 Å². The molecule has 1 N–H and O–H groups in total. The molecule has 6 nitrogen and oxygen atoms in total. The van der Waals surface area contributed by atoms with Crippen molar-refractivity contribution in [3.05, 3.63) is 27.8 Å². The van der Waals surface area contributed by atoms with Gasteiger partial charge < -0.3 is 5.32 Å². The number of alkyl halides is 2. The molecule has 0 spiro atoms. The van der Waals surface area contributed by atoms with E-state index in [0.29, 0.717) is 17.1 Å². The highest BCUT2D eigenvalue weighted by atomic mass is 79.9. The third-order valence-corrected chi connectivity index (χ3v) is 4.31. The van der Waals surface area contributed by atoms with E-state index in [0.717, 1.165) is 0 Å². The predicted molar refractivity (Wildman–Crippen MR) is 80.9 cm³/mol. The summed E-state index contributed by atoms with van der Waals surface area (Å²) in [4.78, 5) is 12.3. The summed E-state index contributed by atoms with van der Waals surface area (Å²) >= 11 is 3.09. The van der Waals surface area contributed by atoms with Gasteiger partial charge in [0, 0.05) is 13.2 Å². The van der Waals surface area contributed by atoms with Crippen LogP contribution in [0.5, 0.6) is 0 Å². The van der Waals surface area contributed by atoms with Crippen molar-refractivity contribution >= 4 is 27.5 Å². The Bertz CT molecular complexity index is 710. The molecule has 0 fully saturated rings. The highest BCUT2D eigenvalue weighted by Gasteiger charge is 2.25. The second-order valence-electron chi connectivity index (χ2n) is 5.00. The summed E-state index contributed by atoms with van der Waals surface area (Å²) in [6.07, 6.45) is -1.03. The summed E-state index contributed by atoms with van der Waals surface area (Å²) in [6.45, 7) is 5.00. The van der Waals surface area contributed by atoms with E-state index in [9.17, 15) is 13.6 Å². The Labute approximate surface area is 134 Å². The standard InChI is InChI=1S/C13H16BrF2N5O/c1-6-9(5-20(4)18-6)17-13(22)8(3)21-7(2)10(14)11(19-21)12(15)16/h5,8,12H,1-4H3,(H,17,22). The molecule has 0 aliphatic heterocycles. The number of aryl methyl sites for hydroxylation is 2. The van der Waals surface area contributed by atoms with Crippen LogP contribution in [0.1, 0.15) is 36.5 Å². The van der Waals surface area contributed by atoms with Crippen molar-refractivity contribution in [3.63, 3.8) is 0 Å². The average Bonchev–Trinajstić information content (AvgIpc) is 2.90. The fourth-order valence-corrected chi connectivity index (χ4v) is 2.54. The maximum absolute atomic E-state index is 12.9. The molecule has 1 unspecified atom stereocenters. The first-order valence-electron chi connectivity index (χ1n) is 6.56. The smallest absolute Gasteiger partial charge is 0.283 e. The Kier molecular flexibility index (Phi) is 4.64. The molecule has 0 saturated carbocycles. The van der Waals surface area contributed by atoms with Gasteiger partial charge in [0.05, 0.1) is 21.5 Å². The van der Waals surface area contributed by atoms with Crippen LogP contribution in [-0.2, 0) is 11.8 Å². The Balaban J connectivity index is 2.24. The number of rotatable bonds is 4. The number of hydrogen-bond donors (Lipinski definition) is 1. The SMILES string of the molecule is Cc1nn(C)cc1NC(=O)C(C)n1nc(C(F)F)c(Br)c1C. The predicted octanol–water partition coefficient (Wildman–Crippen LogP) is 3.13. The Morgan fingerprint density at radius 2 is 2.00 bits per heavy atom. The van der Waals surface area contributed by atoms with Crippen molar-refractivity contribution in [1.29, 1.82) is 0 Å². The van der Waals surface area contributed by atoms with E-state index in [-0.39, 0.29) is 16.1 Å². The molecule has 0 aromatic carbocycles. The number of amides is 1. The molecule has 1 amide bonds. The third-order valence-electron chi connectivity index (χ3n) is 3.33. The molecular weight excluding hydrogens is 360 g/mol. The van der Waals surface area contributed by atoms with Gasteiger partial charge in [0.15, 0.2) is 0 Å². The number of carbonyl (C=O) groups excluding carboxylic acids is 1. The van der Waals surface area contributed by atoms with Crippen LogP contribution in [0.4, 0.5) is 14.5 Å². The van der Waals surface area contributed by atoms with Crippen LogP contribution in [0, 0.1) is 13.8 Å². The van der Waals surface area contributed by atoms with E-state index in [1.54, 1.807) is 38.7 Å². The number of aromatic nitrogens is 4. The lowest BCUT2D eigenvalue weighted by atomic mass is 10.3. The minimum Gasteiger partial charge on any atom is -0.321 e. The lowest BCUT2D eigenvalue weighted by Gasteiger charge is -2.14. The maximum atomic E-state index is 12.9. The fourth-order valence-electron chi connectivity index (χ4n) is 2.11. The summed E-state index contributed by atoms with van der Waals surface area (Å²) in [5.41, 5.74) is 1.36. The van der Waals surface area contributed by atoms with Crippen molar-refractivity contribution in [3.8, 4) is 0 Å². The van der Waals surface area contributed by atoms with Gasteiger partial charge in [0.25, 0.3) is 6.43 Å². The number of anilines is 1. The zero-order valence-corrected chi connectivity index (χ0v) is 14.1. The minimum atomic E-state index is -2.70. The van der Waals surface area contributed by atoms with Crippen LogP contribution in [0.2, 0.25) is 0 Å². The fraction of sp³-hybridized carbons (Fsp3) is 0.462. The van der Waals surface area contributed by atoms with Gasteiger partial charge in [-0.3, -0.25) is 14.2 Å². The van der Waals surface area contributed by atoms with E-state index < -0.39 is 12.5 Å². The lowest BCUT2D eigenvalue weighted by Crippen LogP contribution is -2.25. The quantitative estimate of drug-likeness (QED) is 0.892.